The summed E-state index contributed by atoms with van der Waals surface area (Å²) in [4.78, 5) is 22.4. The molecule has 0 spiro atoms. The van der Waals surface area contributed by atoms with E-state index in [4.69, 9.17) is 4.74 Å². The first-order valence-corrected chi connectivity index (χ1v) is 9.00. The highest BCUT2D eigenvalue weighted by atomic mass is 16.5. The van der Waals surface area contributed by atoms with E-state index in [1.807, 2.05) is 6.92 Å². The third-order valence-corrected chi connectivity index (χ3v) is 3.73. The molecule has 1 amide bonds. The van der Waals surface area contributed by atoms with Crippen LogP contribution in [0.5, 0.6) is 0 Å². The fourth-order valence-corrected chi connectivity index (χ4v) is 2.39. The van der Waals surface area contributed by atoms with E-state index < -0.39 is 0 Å². The third-order valence-electron chi connectivity index (χ3n) is 3.73. The van der Waals surface area contributed by atoms with Gasteiger partial charge >= 0.3 is 5.97 Å². The molecule has 4 heteroatoms. The number of rotatable bonds is 14. The summed E-state index contributed by atoms with van der Waals surface area (Å²) in [6.45, 7) is 6.42. The molecule has 1 unspecified atom stereocenters. The molecule has 1 N–H and O–H groups in total. The van der Waals surface area contributed by atoms with Crippen LogP contribution in [0.1, 0.15) is 91.4 Å². The van der Waals surface area contributed by atoms with Crippen LogP contribution in [-0.4, -0.2) is 24.5 Å². The van der Waals surface area contributed by atoms with Gasteiger partial charge in [-0.25, -0.2) is 0 Å². The second kappa shape index (κ2) is 14.9. The molecule has 0 aromatic carbocycles. The standard InChI is InChI=1S/C18H35NO3/c1-4-5-6-7-8-10-13-16(2)22-18(21)14-11-9-12-15-19-17(3)20/h16H,4-15H2,1-3H3,(H,19,20). The van der Waals surface area contributed by atoms with Gasteiger partial charge in [-0.1, -0.05) is 45.4 Å². The molecule has 0 aromatic rings. The van der Waals surface area contributed by atoms with E-state index in [0.29, 0.717) is 13.0 Å². The minimum Gasteiger partial charge on any atom is -0.463 e. The van der Waals surface area contributed by atoms with E-state index in [0.717, 1.165) is 32.1 Å². The molecule has 0 aliphatic carbocycles. The van der Waals surface area contributed by atoms with E-state index in [1.54, 1.807) is 0 Å². The molecule has 0 rings (SSSR count). The molecule has 22 heavy (non-hydrogen) atoms. The molecule has 0 fully saturated rings. The Balaban J connectivity index is 3.40. The summed E-state index contributed by atoms with van der Waals surface area (Å²) in [7, 11) is 0. The lowest BCUT2D eigenvalue weighted by molar-refractivity contribution is -0.148. The maximum absolute atomic E-state index is 11.7. The highest BCUT2D eigenvalue weighted by Gasteiger charge is 2.08. The molecule has 0 saturated carbocycles. The van der Waals surface area contributed by atoms with Crippen LogP contribution in [0.25, 0.3) is 0 Å². The summed E-state index contributed by atoms with van der Waals surface area (Å²) in [6, 6.07) is 0. The van der Waals surface area contributed by atoms with Crippen molar-refractivity contribution in [3.05, 3.63) is 0 Å². The zero-order valence-electron chi connectivity index (χ0n) is 14.8. The van der Waals surface area contributed by atoms with Crippen LogP contribution in [0.3, 0.4) is 0 Å². The summed E-state index contributed by atoms with van der Waals surface area (Å²) in [5.74, 6) is -0.0825. The van der Waals surface area contributed by atoms with Crippen molar-refractivity contribution in [2.75, 3.05) is 6.54 Å². The zero-order chi connectivity index (χ0) is 16.6. The zero-order valence-corrected chi connectivity index (χ0v) is 14.8. The number of hydrogen-bond donors (Lipinski definition) is 1. The molecule has 0 saturated heterocycles. The normalized spacial score (nSPS) is 12.0. The summed E-state index contributed by atoms with van der Waals surface area (Å²) in [5.41, 5.74) is 0. The van der Waals surface area contributed by atoms with Crippen molar-refractivity contribution < 1.29 is 14.3 Å². The Labute approximate surface area is 136 Å². The molecule has 0 heterocycles. The largest absolute Gasteiger partial charge is 0.463 e. The number of carbonyl (C=O) groups is 2. The average Bonchev–Trinajstić information content (AvgIpc) is 2.46. The first kappa shape index (κ1) is 20.9. The van der Waals surface area contributed by atoms with E-state index in [1.165, 1.54) is 39.0 Å². The van der Waals surface area contributed by atoms with Crippen LogP contribution in [-0.2, 0) is 14.3 Å². The van der Waals surface area contributed by atoms with Gasteiger partial charge in [-0.3, -0.25) is 9.59 Å². The first-order chi connectivity index (χ1) is 10.6. The van der Waals surface area contributed by atoms with Gasteiger partial charge in [0.15, 0.2) is 0 Å². The topological polar surface area (TPSA) is 55.4 Å². The summed E-state index contributed by atoms with van der Waals surface area (Å²) in [6.07, 6.45) is 11.8. The van der Waals surface area contributed by atoms with Gasteiger partial charge in [0.05, 0.1) is 6.10 Å². The first-order valence-electron chi connectivity index (χ1n) is 9.00. The highest BCUT2D eigenvalue weighted by Crippen LogP contribution is 2.11. The van der Waals surface area contributed by atoms with Crippen LogP contribution in [0.2, 0.25) is 0 Å². The van der Waals surface area contributed by atoms with Gasteiger partial charge in [0, 0.05) is 19.9 Å². The van der Waals surface area contributed by atoms with E-state index in [9.17, 15) is 9.59 Å². The molecule has 0 bridgehead atoms. The number of carbonyl (C=O) groups excluding carboxylic acids is 2. The SMILES string of the molecule is CCCCCCCCC(C)OC(=O)CCCCCNC(C)=O. The number of unbranched alkanes of at least 4 members (excludes halogenated alkanes) is 7. The summed E-state index contributed by atoms with van der Waals surface area (Å²) < 4.78 is 5.41. The van der Waals surface area contributed by atoms with Gasteiger partial charge in [-0.2, -0.15) is 0 Å². The Morgan fingerprint density at radius 2 is 1.59 bits per heavy atom. The molecular formula is C18H35NO3. The lowest BCUT2D eigenvalue weighted by atomic mass is 10.1. The number of ether oxygens (including phenoxy) is 1. The lowest BCUT2D eigenvalue weighted by Crippen LogP contribution is -2.20. The second-order valence-corrected chi connectivity index (χ2v) is 6.15. The smallest absolute Gasteiger partial charge is 0.306 e. The van der Waals surface area contributed by atoms with Crippen LogP contribution in [0, 0.1) is 0 Å². The molecule has 0 aliphatic heterocycles. The van der Waals surface area contributed by atoms with E-state index in [-0.39, 0.29) is 18.0 Å². The number of amides is 1. The molecule has 4 nitrogen and oxygen atoms in total. The maximum atomic E-state index is 11.7. The molecule has 1 atom stereocenters. The van der Waals surface area contributed by atoms with E-state index in [2.05, 4.69) is 12.2 Å². The van der Waals surface area contributed by atoms with Crippen LogP contribution in [0.15, 0.2) is 0 Å². The van der Waals surface area contributed by atoms with Crippen molar-refractivity contribution in [2.45, 2.75) is 97.5 Å². The molecule has 130 valence electrons. The van der Waals surface area contributed by atoms with Gasteiger partial charge in [0.25, 0.3) is 0 Å². The Hall–Kier alpha value is -1.06. The average molecular weight is 313 g/mol. The van der Waals surface area contributed by atoms with Crippen LogP contribution >= 0.6 is 0 Å². The second-order valence-electron chi connectivity index (χ2n) is 6.15. The van der Waals surface area contributed by atoms with Gasteiger partial charge in [0.2, 0.25) is 5.91 Å². The molecular weight excluding hydrogens is 278 g/mol. The molecule has 0 radical (unpaired) electrons. The van der Waals surface area contributed by atoms with Crippen molar-refractivity contribution in [2.24, 2.45) is 0 Å². The third kappa shape index (κ3) is 15.3. The Kier molecular flexibility index (Phi) is 14.1. The van der Waals surface area contributed by atoms with Crippen molar-refractivity contribution >= 4 is 11.9 Å². The minimum absolute atomic E-state index is 0.00271. The maximum Gasteiger partial charge on any atom is 0.306 e. The predicted octanol–water partition coefficient (Wildman–Crippen LogP) is 4.37. The summed E-state index contributed by atoms with van der Waals surface area (Å²) in [5, 5.41) is 2.75. The number of hydrogen-bond acceptors (Lipinski definition) is 3. The van der Waals surface area contributed by atoms with Crippen molar-refractivity contribution in [1.82, 2.24) is 5.32 Å². The van der Waals surface area contributed by atoms with Crippen molar-refractivity contribution in [3.63, 3.8) is 0 Å². The van der Waals surface area contributed by atoms with Crippen molar-refractivity contribution in [3.8, 4) is 0 Å². The monoisotopic (exact) mass is 313 g/mol. The molecule has 0 aromatic heterocycles. The van der Waals surface area contributed by atoms with Gasteiger partial charge in [-0.05, 0) is 32.6 Å². The summed E-state index contributed by atoms with van der Waals surface area (Å²) >= 11 is 0. The lowest BCUT2D eigenvalue weighted by Gasteiger charge is -2.13. The fraction of sp³-hybridized carbons (Fsp3) is 0.889. The quantitative estimate of drug-likeness (QED) is 0.383. The minimum atomic E-state index is -0.0852. The predicted molar refractivity (Wildman–Crippen MR) is 90.7 cm³/mol. The Morgan fingerprint density at radius 1 is 0.955 bits per heavy atom. The van der Waals surface area contributed by atoms with Crippen LogP contribution < -0.4 is 5.32 Å². The Bertz CT molecular complexity index is 292. The van der Waals surface area contributed by atoms with E-state index >= 15 is 0 Å². The molecule has 0 aliphatic rings. The van der Waals surface area contributed by atoms with Gasteiger partial charge < -0.3 is 10.1 Å². The fourth-order valence-electron chi connectivity index (χ4n) is 2.39. The van der Waals surface area contributed by atoms with Gasteiger partial charge in [-0.15, -0.1) is 0 Å². The highest BCUT2D eigenvalue weighted by molar-refractivity contribution is 5.72. The van der Waals surface area contributed by atoms with Crippen LogP contribution in [0.4, 0.5) is 0 Å². The van der Waals surface area contributed by atoms with Crippen molar-refractivity contribution in [1.29, 1.82) is 0 Å². The van der Waals surface area contributed by atoms with Gasteiger partial charge in [0.1, 0.15) is 0 Å². The number of nitrogens with one attached hydrogen (secondary N) is 1. The Morgan fingerprint density at radius 3 is 2.27 bits per heavy atom. The number of esters is 1.